The summed E-state index contributed by atoms with van der Waals surface area (Å²) in [4.78, 5) is 4.66. The van der Waals surface area contributed by atoms with Crippen molar-refractivity contribution >= 4 is 34.7 Å². The maximum atomic E-state index is 9.72. The van der Waals surface area contributed by atoms with Gasteiger partial charge in [-0.3, -0.25) is 0 Å². The minimum Gasteiger partial charge on any atom is -0.508 e. The Bertz CT molecular complexity index is 602. The van der Waals surface area contributed by atoms with E-state index in [-0.39, 0.29) is 0 Å². The van der Waals surface area contributed by atoms with Gasteiger partial charge < -0.3 is 10.0 Å². The molecule has 3 rings (SSSR count). The molecule has 4 heteroatoms. The Morgan fingerprint density at radius 3 is 2.68 bits per heavy atom. The number of benzene rings is 2. The number of phenols is 1. The normalized spacial score (nSPS) is 13.0. The largest absolute Gasteiger partial charge is 0.508 e. The third-order valence-electron chi connectivity index (χ3n) is 3.12. The first-order chi connectivity index (χ1) is 9.29. The molecular formula is C15H14ClNOS. The number of hydrogen-bond acceptors (Lipinski definition) is 3. The predicted molar refractivity (Wildman–Crippen MR) is 81.0 cm³/mol. The van der Waals surface area contributed by atoms with Gasteiger partial charge in [-0.15, -0.1) is 11.6 Å². The molecule has 0 aromatic heterocycles. The summed E-state index contributed by atoms with van der Waals surface area (Å²) in [7, 11) is 0. The van der Waals surface area contributed by atoms with Gasteiger partial charge in [-0.25, -0.2) is 0 Å². The summed E-state index contributed by atoms with van der Waals surface area (Å²) < 4.78 is 0. The number of fused-ring (bicyclic) bond motifs is 2. The summed E-state index contributed by atoms with van der Waals surface area (Å²) in [5, 5.41) is 9.72. The lowest BCUT2D eigenvalue weighted by Crippen LogP contribution is -2.22. The van der Waals surface area contributed by atoms with E-state index in [1.165, 1.54) is 15.5 Å². The third-order valence-corrected chi connectivity index (χ3v) is 4.52. The van der Waals surface area contributed by atoms with Gasteiger partial charge in [-0.1, -0.05) is 23.9 Å². The second kappa shape index (κ2) is 5.35. The van der Waals surface area contributed by atoms with Crippen molar-refractivity contribution in [1.82, 2.24) is 0 Å². The van der Waals surface area contributed by atoms with Crippen LogP contribution in [-0.4, -0.2) is 17.5 Å². The topological polar surface area (TPSA) is 23.5 Å². The summed E-state index contributed by atoms with van der Waals surface area (Å²) in [6, 6.07) is 13.9. The second-order valence-electron chi connectivity index (χ2n) is 4.42. The summed E-state index contributed by atoms with van der Waals surface area (Å²) in [5.41, 5.74) is 2.25. The van der Waals surface area contributed by atoms with E-state index >= 15 is 0 Å². The first kappa shape index (κ1) is 12.7. The zero-order valence-corrected chi connectivity index (χ0v) is 11.9. The van der Waals surface area contributed by atoms with Crippen LogP contribution in [0, 0.1) is 0 Å². The lowest BCUT2D eigenvalue weighted by atomic mass is 10.2. The highest BCUT2D eigenvalue weighted by molar-refractivity contribution is 7.99. The van der Waals surface area contributed by atoms with Crippen LogP contribution in [0.5, 0.6) is 5.75 Å². The van der Waals surface area contributed by atoms with E-state index in [9.17, 15) is 5.11 Å². The zero-order valence-electron chi connectivity index (χ0n) is 10.3. The van der Waals surface area contributed by atoms with Crippen molar-refractivity contribution in [3.8, 4) is 5.75 Å². The van der Waals surface area contributed by atoms with E-state index in [1.807, 2.05) is 18.2 Å². The van der Waals surface area contributed by atoms with Gasteiger partial charge in [-0.2, -0.15) is 0 Å². The lowest BCUT2D eigenvalue weighted by Gasteiger charge is -2.32. The Morgan fingerprint density at radius 1 is 1.05 bits per heavy atom. The van der Waals surface area contributed by atoms with Crippen molar-refractivity contribution in [3.05, 3.63) is 42.5 Å². The standard InChI is InChI=1S/C15H14ClNOS/c16-8-3-9-17-12-4-1-2-5-14(12)19-15-7-6-11(18)10-13(15)17/h1-2,4-7,10,18H,3,8-9H2. The number of hydrogen-bond donors (Lipinski definition) is 1. The number of para-hydroxylation sites is 1. The smallest absolute Gasteiger partial charge is 0.117 e. The van der Waals surface area contributed by atoms with E-state index in [0.29, 0.717) is 11.6 Å². The number of rotatable bonds is 3. The lowest BCUT2D eigenvalue weighted by molar-refractivity contribution is 0.475. The Morgan fingerprint density at radius 2 is 1.84 bits per heavy atom. The molecule has 1 heterocycles. The maximum absolute atomic E-state index is 9.72. The van der Waals surface area contributed by atoms with Crippen molar-refractivity contribution in [3.63, 3.8) is 0 Å². The monoisotopic (exact) mass is 291 g/mol. The van der Waals surface area contributed by atoms with Crippen molar-refractivity contribution in [1.29, 1.82) is 0 Å². The number of alkyl halides is 1. The molecule has 2 aromatic rings. The first-order valence-electron chi connectivity index (χ1n) is 6.23. The van der Waals surface area contributed by atoms with Crippen LogP contribution in [0.3, 0.4) is 0 Å². The number of halogens is 1. The van der Waals surface area contributed by atoms with E-state index in [4.69, 9.17) is 11.6 Å². The molecule has 1 aliphatic rings. The molecule has 0 spiro atoms. The highest BCUT2D eigenvalue weighted by atomic mass is 35.5. The molecule has 98 valence electrons. The molecule has 0 bridgehead atoms. The summed E-state index contributed by atoms with van der Waals surface area (Å²) in [6.45, 7) is 0.859. The van der Waals surface area contributed by atoms with E-state index in [1.54, 1.807) is 17.8 Å². The Balaban J connectivity index is 2.08. The minimum absolute atomic E-state index is 0.301. The number of phenolic OH excluding ortho intramolecular Hbond substituents is 1. The fourth-order valence-electron chi connectivity index (χ4n) is 2.28. The van der Waals surface area contributed by atoms with Gasteiger partial charge in [0, 0.05) is 28.3 Å². The molecule has 0 radical (unpaired) electrons. The average molecular weight is 292 g/mol. The Labute approximate surface area is 122 Å². The summed E-state index contributed by atoms with van der Waals surface area (Å²) >= 11 is 7.57. The highest BCUT2D eigenvalue weighted by Gasteiger charge is 2.22. The van der Waals surface area contributed by atoms with Gasteiger partial charge in [0.05, 0.1) is 11.4 Å². The van der Waals surface area contributed by atoms with Crippen LogP contribution in [0.4, 0.5) is 11.4 Å². The molecule has 0 fully saturated rings. The molecule has 0 atom stereocenters. The van der Waals surface area contributed by atoms with Crippen molar-refractivity contribution < 1.29 is 5.11 Å². The van der Waals surface area contributed by atoms with Gasteiger partial charge >= 0.3 is 0 Å². The molecule has 2 nitrogen and oxygen atoms in total. The second-order valence-corrected chi connectivity index (χ2v) is 5.88. The minimum atomic E-state index is 0.301. The Kier molecular flexibility index (Phi) is 3.58. The van der Waals surface area contributed by atoms with Crippen LogP contribution in [0.25, 0.3) is 0 Å². The van der Waals surface area contributed by atoms with Crippen molar-refractivity contribution in [2.45, 2.75) is 16.2 Å². The van der Waals surface area contributed by atoms with E-state index in [0.717, 1.165) is 18.7 Å². The third kappa shape index (κ3) is 2.40. The maximum Gasteiger partial charge on any atom is 0.117 e. The molecule has 0 unspecified atom stereocenters. The van der Waals surface area contributed by atoms with Gasteiger partial charge in [-0.05, 0) is 30.7 Å². The Hall–Kier alpha value is -1.32. The number of anilines is 2. The fourth-order valence-corrected chi connectivity index (χ4v) is 3.47. The average Bonchev–Trinajstić information content (AvgIpc) is 2.44. The molecule has 1 N–H and O–H groups in total. The van der Waals surface area contributed by atoms with Crippen LogP contribution in [-0.2, 0) is 0 Å². The van der Waals surface area contributed by atoms with Crippen LogP contribution < -0.4 is 4.90 Å². The molecule has 2 aromatic carbocycles. The number of nitrogens with zero attached hydrogens (tertiary/aromatic N) is 1. The van der Waals surface area contributed by atoms with Crippen LogP contribution in [0.15, 0.2) is 52.3 Å². The fraction of sp³-hybridized carbons (Fsp3) is 0.200. The van der Waals surface area contributed by atoms with E-state index < -0.39 is 0 Å². The molecule has 1 aliphatic heterocycles. The van der Waals surface area contributed by atoms with Gasteiger partial charge in [0.2, 0.25) is 0 Å². The predicted octanol–water partition coefficient (Wildman–Crippen LogP) is 4.62. The molecule has 0 saturated heterocycles. The van der Waals surface area contributed by atoms with Crippen molar-refractivity contribution in [2.75, 3.05) is 17.3 Å². The van der Waals surface area contributed by atoms with E-state index in [2.05, 4.69) is 23.1 Å². The van der Waals surface area contributed by atoms with Crippen LogP contribution >= 0.6 is 23.4 Å². The highest BCUT2D eigenvalue weighted by Crippen LogP contribution is 2.48. The molecule has 0 amide bonds. The van der Waals surface area contributed by atoms with Gasteiger partial charge in [0.15, 0.2) is 0 Å². The molecular weight excluding hydrogens is 278 g/mol. The van der Waals surface area contributed by atoms with Crippen LogP contribution in [0.1, 0.15) is 6.42 Å². The SMILES string of the molecule is Oc1ccc2c(c1)N(CCCCl)c1ccccc1S2. The first-order valence-corrected chi connectivity index (χ1v) is 7.58. The quantitative estimate of drug-likeness (QED) is 0.835. The molecule has 19 heavy (non-hydrogen) atoms. The van der Waals surface area contributed by atoms with Gasteiger partial charge in [0.25, 0.3) is 0 Å². The zero-order chi connectivity index (χ0) is 13.2. The summed E-state index contributed by atoms with van der Waals surface area (Å²) in [6.07, 6.45) is 0.912. The summed E-state index contributed by atoms with van der Waals surface area (Å²) in [5.74, 6) is 0.939. The molecule has 0 aliphatic carbocycles. The van der Waals surface area contributed by atoms with Crippen LogP contribution in [0.2, 0.25) is 0 Å². The molecule has 0 saturated carbocycles. The van der Waals surface area contributed by atoms with Gasteiger partial charge in [0.1, 0.15) is 5.75 Å². The number of aromatic hydroxyl groups is 1. The van der Waals surface area contributed by atoms with Crippen molar-refractivity contribution in [2.24, 2.45) is 0 Å².